The Balaban J connectivity index is 1.66. The Morgan fingerprint density at radius 2 is 1.83 bits per heavy atom. The number of aromatic nitrogens is 2. The smallest absolute Gasteiger partial charge is 0.335 e. The van der Waals surface area contributed by atoms with Crippen LogP contribution in [0.15, 0.2) is 85.2 Å². The molecular weight excluding hydrogens is 476 g/mol. The molecule has 1 aliphatic rings. The minimum absolute atomic E-state index is 0.229. The lowest BCUT2D eigenvalue weighted by molar-refractivity contribution is 0.0697. The van der Waals surface area contributed by atoms with Crippen LogP contribution in [0.5, 0.6) is 11.5 Å². The summed E-state index contributed by atoms with van der Waals surface area (Å²) in [6.07, 6.45) is 3.71. The highest BCUT2D eigenvalue weighted by atomic mass is 32.1. The number of nitrogens with zero attached hydrogens (tertiary/aromatic N) is 3. The summed E-state index contributed by atoms with van der Waals surface area (Å²) in [5.41, 5.74) is 3.63. The number of hydrogen-bond donors (Lipinski definition) is 2. The van der Waals surface area contributed by atoms with Crippen LogP contribution in [0, 0.1) is 0 Å². The number of carboxylic acid groups (broad SMARTS) is 1. The Morgan fingerprint density at radius 1 is 1.03 bits per heavy atom. The number of carboxylic acids is 1. The molecule has 4 aromatic rings. The van der Waals surface area contributed by atoms with Crippen LogP contribution >= 0.6 is 12.2 Å². The highest BCUT2D eigenvalue weighted by Crippen LogP contribution is 2.45. The highest BCUT2D eigenvalue weighted by Gasteiger charge is 2.43. The van der Waals surface area contributed by atoms with Gasteiger partial charge < -0.3 is 29.4 Å². The summed E-state index contributed by atoms with van der Waals surface area (Å²) >= 11 is 5.85. The lowest BCUT2D eigenvalue weighted by Gasteiger charge is -2.30. The number of hydrogen-bond acceptors (Lipinski definition) is 5. The molecule has 0 radical (unpaired) electrons. The first-order chi connectivity index (χ1) is 17.5. The molecule has 1 saturated heterocycles. The second kappa shape index (κ2) is 9.71. The van der Waals surface area contributed by atoms with E-state index in [0.717, 1.165) is 22.8 Å². The third-order valence-electron chi connectivity index (χ3n) is 6.22. The van der Waals surface area contributed by atoms with E-state index in [0.29, 0.717) is 16.6 Å². The summed E-state index contributed by atoms with van der Waals surface area (Å²) < 4.78 is 13.1. The molecule has 1 fully saturated rings. The predicted octanol–water partition coefficient (Wildman–Crippen LogP) is 4.76. The van der Waals surface area contributed by atoms with Crippen molar-refractivity contribution in [2.24, 2.45) is 0 Å². The molecule has 3 heterocycles. The molecule has 0 aliphatic carbocycles. The molecular formula is C27H24N4O4S. The maximum atomic E-state index is 11.4. The topological polar surface area (TPSA) is 88.9 Å². The van der Waals surface area contributed by atoms with Crippen molar-refractivity contribution in [3.63, 3.8) is 0 Å². The van der Waals surface area contributed by atoms with Crippen LogP contribution in [0.1, 0.15) is 33.8 Å². The maximum Gasteiger partial charge on any atom is 0.335 e. The van der Waals surface area contributed by atoms with E-state index in [9.17, 15) is 9.90 Å². The van der Waals surface area contributed by atoms with Gasteiger partial charge >= 0.3 is 5.97 Å². The van der Waals surface area contributed by atoms with Gasteiger partial charge in [-0.25, -0.2) is 4.79 Å². The van der Waals surface area contributed by atoms with Crippen molar-refractivity contribution in [2.45, 2.75) is 12.1 Å². The van der Waals surface area contributed by atoms with Gasteiger partial charge in [0.2, 0.25) is 0 Å². The molecule has 0 spiro atoms. The summed E-state index contributed by atoms with van der Waals surface area (Å²) in [4.78, 5) is 18.0. The molecule has 182 valence electrons. The summed E-state index contributed by atoms with van der Waals surface area (Å²) in [6, 6.07) is 21.6. The number of methoxy groups -OCH3 is 2. The summed E-state index contributed by atoms with van der Waals surface area (Å²) in [6.45, 7) is 0. The van der Waals surface area contributed by atoms with E-state index in [1.54, 1.807) is 44.7 Å². The fourth-order valence-corrected chi connectivity index (χ4v) is 4.87. The van der Waals surface area contributed by atoms with Crippen LogP contribution in [-0.4, -0.2) is 40.0 Å². The summed E-state index contributed by atoms with van der Waals surface area (Å²) in [5.74, 6) is 0.329. The fraction of sp³-hybridized carbons (Fsp3) is 0.148. The van der Waals surface area contributed by atoms with Gasteiger partial charge in [0.05, 0.1) is 37.2 Å². The number of aromatic carboxylic acids is 1. The van der Waals surface area contributed by atoms with Crippen LogP contribution in [-0.2, 0) is 0 Å². The quantitative estimate of drug-likeness (QED) is 0.351. The van der Waals surface area contributed by atoms with Crippen LogP contribution in [0.2, 0.25) is 0 Å². The zero-order valence-electron chi connectivity index (χ0n) is 19.7. The number of benzene rings is 2. The van der Waals surface area contributed by atoms with Crippen molar-refractivity contribution < 1.29 is 19.4 Å². The van der Waals surface area contributed by atoms with E-state index in [1.165, 1.54) is 0 Å². The molecule has 36 heavy (non-hydrogen) atoms. The van der Waals surface area contributed by atoms with E-state index < -0.39 is 5.97 Å². The minimum Gasteiger partial charge on any atom is -0.497 e. The van der Waals surface area contributed by atoms with Gasteiger partial charge in [-0.1, -0.05) is 6.07 Å². The first-order valence-electron chi connectivity index (χ1n) is 11.3. The Morgan fingerprint density at radius 3 is 2.50 bits per heavy atom. The largest absolute Gasteiger partial charge is 0.497 e. The number of anilines is 1. The molecule has 2 N–H and O–H groups in total. The van der Waals surface area contributed by atoms with Crippen LogP contribution in [0.25, 0.3) is 5.69 Å². The van der Waals surface area contributed by atoms with Gasteiger partial charge in [0.1, 0.15) is 17.5 Å². The standard InChI is InChI=1S/C27H24N4O4S/c1-34-19-12-13-21(23(16-19)35-2)31-25(24(29-27(31)36)20-6-3-4-14-28-20)22-7-5-15-30(22)18-10-8-17(9-11-18)26(32)33/h3-16,24-25H,1-2H3,(H,29,36)(H,32,33)/t24-,25-/m1/s1. The first kappa shape index (κ1) is 23.4. The van der Waals surface area contributed by atoms with Crippen molar-refractivity contribution in [3.8, 4) is 17.2 Å². The van der Waals surface area contributed by atoms with Gasteiger partial charge in [-0.05, 0) is 72.9 Å². The molecule has 2 atom stereocenters. The van der Waals surface area contributed by atoms with E-state index in [2.05, 4.69) is 10.3 Å². The average molecular weight is 501 g/mol. The monoisotopic (exact) mass is 500 g/mol. The van der Waals surface area contributed by atoms with E-state index in [1.807, 2.05) is 64.2 Å². The third-order valence-corrected chi connectivity index (χ3v) is 6.53. The normalized spacial score (nSPS) is 17.1. The summed E-state index contributed by atoms with van der Waals surface area (Å²) in [5, 5.41) is 13.3. The minimum atomic E-state index is -0.965. The highest BCUT2D eigenvalue weighted by molar-refractivity contribution is 7.80. The molecule has 2 aromatic carbocycles. The maximum absolute atomic E-state index is 11.4. The molecule has 0 unspecified atom stereocenters. The lowest BCUT2D eigenvalue weighted by Crippen LogP contribution is -2.30. The Hall–Kier alpha value is -4.37. The number of rotatable bonds is 7. The zero-order valence-corrected chi connectivity index (χ0v) is 20.5. The number of nitrogens with one attached hydrogen (secondary N) is 1. The molecule has 5 rings (SSSR count). The van der Waals surface area contributed by atoms with Crippen molar-refractivity contribution >= 4 is 29.0 Å². The third kappa shape index (κ3) is 4.14. The Kier molecular flexibility index (Phi) is 6.30. The summed E-state index contributed by atoms with van der Waals surface area (Å²) in [7, 11) is 3.22. The van der Waals surface area contributed by atoms with E-state index >= 15 is 0 Å². The van der Waals surface area contributed by atoms with E-state index in [-0.39, 0.29) is 17.6 Å². The average Bonchev–Trinajstić information content (AvgIpc) is 3.53. The van der Waals surface area contributed by atoms with Crippen LogP contribution in [0.4, 0.5) is 5.69 Å². The van der Waals surface area contributed by atoms with E-state index in [4.69, 9.17) is 21.7 Å². The Labute approximate surface area is 213 Å². The zero-order chi connectivity index (χ0) is 25.2. The molecule has 2 aromatic heterocycles. The van der Waals surface area contributed by atoms with Gasteiger partial charge in [0.25, 0.3) is 0 Å². The fourth-order valence-electron chi connectivity index (χ4n) is 4.53. The molecule has 9 heteroatoms. The van der Waals surface area contributed by atoms with Crippen molar-refractivity contribution in [3.05, 3.63) is 102 Å². The van der Waals surface area contributed by atoms with Gasteiger partial charge in [-0.2, -0.15) is 0 Å². The molecule has 0 saturated carbocycles. The van der Waals surface area contributed by atoms with Crippen molar-refractivity contribution in [2.75, 3.05) is 19.1 Å². The second-order valence-corrected chi connectivity index (χ2v) is 8.58. The van der Waals surface area contributed by atoms with Crippen LogP contribution < -0.4 is 19.7 Å². The number of ether oxygens (including phenoxy) is 2. The molecule has 0 bridgehead atoms. The van der Waals surface area contributed by atoms with Gasteiger partial charge in [0, 0.05) is 29.8 Å². The molecule has 0 amide bonds. The molecule has 1 aliphatic heterocycles. The number of pyridine rings is 1. The second-order valence-electron chi connectivity index (χ2n) is 8.19. The van der Waals surface area contributed by atoms with Gasteiger partial charge in [-0.3, -0.25) is 4.98 Å². The lowest BCUT2D eigenvalue weighted by atomic mass is 10.0. The molecule has 8 nitrogen and oxygen atoms in total. The number of carbonyl (C=O) groups is 1. The van der Waals surface area contributed by atoms with Gasteiger partial charge in [-0.15, -0.1) is 0 Å². The predicted molar refractivity (Wildman–Crippen MR) is 140 cm³/mol. The van der Waals surface area contributed by atoms with Crippen LogP contribution in [0.3, 0.4) is 0 Å². The van der Waals surface area contributed by atoms with Crippen molar-refractivity contribution in [1.82, 2.24) is 14.9 Å². The first-order valence-corrected chi connectivity index (χ1v) is 11.7. The number of thiocarbonyl (C=S) groups is 1. The Bertz CT molecular complexity index is 1410. The SMILES string of the molecule is COc1ccc(N2C(=S)N[C@H](c3ccccn3)[C@H]2c2cccn2-c2ccc(C(=O)O)cc2)c(OC)c1. The van der Waals surface area contributed by atoms with Gasteiger partial charge in [0.15, 0.2) is 5.11 Å². The van der Waals surface area contributed by atoms with Crippen molar-refractivity contribution in [1.29, 1.82) is 0 Å².